The lowest BCUT2D eigenvalue weighted by molar-refractivity contribution is -0.133. The quantitative estimate of drug-likeness (QED) is 0.0877. The molecule has 0 aromatic heterocycles. The number of carbonyl (C=O) groups is 6. The maximum Gasteiger partial charge on any atom is 0.335 e. The number of carbonyl (C=O) groups excluding carboxylic acids is 5. The first kappa shape index (κ1) is 44.5. The molecular weight excluding hydrogens is 703 g/mol. The standard InChI is InChI=1S/C38H55N5O9S/c1-7-23(4)34(40-24(5)44)37(50)42-29(15-16-53-6)36(49)43-30(17-22(2)3)32(46)20-33(47)41-31(19-25-11-13-28(45)14-12-25)35(48)39-21-26-9-8-10-27(18-26)38(51)52/h8-14,18,22-23,29-32,34,45-46H,7,15-17,19-21H2,1-6H3,(H,39,48)(H,40,44)(H,41,47)(H,42,50)(H,43,49)(H,51,52)/t23-,29-,30-,31-,32-,34-/m0/s1. The number of aliphatic hydroxyl groups is 1. The van der Waals surface area contributed by atoms with Crippen LogP contribution in [0.3, 0.4) is 0 Å². The molecule has 0 radical (unpaired) electrons. The van der Waals surface area contributed by atoms with E-state index in [1.165, 1.54) is 43.0 Å². The minimum Gasteiger partial charge on any atom is -0.508 e. The third-order valence-electron chi connectivity index (χ3n) is 8.68. The maximum absolute atomic E-state index is 13.7. The zero-order valence-corrected chi connectivity index (χ0v) is 32.1. The average Bonchev–Trinajstić information content (AvgIpc) is 3.10. The lowest BCUT2D eigenvalue weighted by Gasteiger charge is -2.30. The summed E-state index contributed by atoms with van der Waals surface area (Å²) in [5.74, 6) is -3.37. The van der Waals surface area contributed by atoms with Crippen molar-refractivity contribution in [3.63, 3.8) is 0 Å². The zero-order chi connectivity index (χ0) is 39.7. The molecule has 292 valence electrons. The largest absolute Gasteiger partial charge is 0.508 e. The topological polar surface area (TPSA) is 223 Å². The molecule has 8 N–H and O–H groups in total. The Morgan fingerprint density at radius 3 is 2.09 bits per heavy atom. The molecular formula is C38H55N5O9S. The first-order valence-electron chi connectivity index (χ1n) is 17.8. The summed E-state index contributed by atoms with van der Waals surface area (Å²) in [6, 6.07) is 8.39. The van der Waals surface area contributed by atoms with Crippen LogP contribution in [0, 0.1) is 11.8 Å². The van der Waals surface area contributed by atoms with E-state index in [9.17, 15) is 44.1 Å². The van der Waals surface area contributed by atoms with Gasteiger partial charge < -0.3 is 41.9 Å². The number of hydrogen-bond acceptors (Lipinski definition) is 9. The molecule has 14 nitrogen and oxygen atoms in total. The van der Waals surface area contributed by atoms with E-state index < -0.39 is 66.3 Å². The first-order valence-corrected chi connectivity index (χ1v) is 19.2. The number of aromatic hydroxyl groups is 1. The van der Waals surface area contributed by atoms with Gasteiger partial charge in [-0.1, -0.05) is 58.4 Å². The summed E-state index contributed by atoms with van der Waals surface area (Å²) in [5.41, 5.74) is 1.23. The van der Waals surface area contributed by atoms with Crippen LogP contribution in [0.15, 0.2) is 48.5 Å². The number of phenols is 1. The van der Waals surface area contributed by atoms with Gasteiger partial charge in [-0.15, -0.1) is 0 Å². The Labute approximate surface area is 315 Å². The molecule has 5 amide bonds. The van der Waals surface area contributed by atoms with E-state index in [0.29, 0.717) is 29.7 Å². The molecule has 2 aromatic rings. The molecule has 0 saturated carbocycles. The van der Waals surface area contributed by atoms with Crippen LogP contribution in [0.25, 0.3) is 0 Å². The molecule has 0 spiro atoms. The van der Waals surface area contributed by atoms with E-state index >= 15 is 0 Å². The Balaban J connectivity index is 2.22. The number of nitrogens with one attached hydrogen (secondary N) is 5. The molecule has 15 heteroatoms. The van der Waals surface area contributed by atoms with Crippen molar-refractivity contribution in [3.8, 4) is 5.75 Å². The van der Waals surface area contributed by atoms with Crippen LogP contribution in [0.1, 0.15) is 81.8 Å². The number of hydrogen-bond donors (Lipinski definition) is 8. The Morgan fingerprint density at radius 2 is 1.51 bits per heavy atom. The normalized spacial score (nSPS) is 14.5. The number of rotatable bonds is 22. The average molecular weight is 758 g/mol. The van der Waals surface area contributed by atoms with Crippen LogP contribution in [-0.2, 0) is 36.9 Å². The monoisotopic (exact) mass is 757 g/mol. The highest BCUT2D eigenvalue weighted by molar-refractivity contribution is 7.98. The summed E-state index contributed by atoms with van der Waals surface area (Å²) in [7, 11) is 0. The molecule has 2 aromatic carbocycles. The lowest BCUT2D eigenvalue weighted by atomic mass is 9.95. The van der Waals surface area contributed by atoms with E-state index in [4.69, 9.17) is 0 Å². The van der Waals surface area contributed by atoms with Gasteiger partial charge in [0.15, 0.2) is 0 Å². The summed E-state index contributed by atoms with van der Waals surface area (Å²) >= 11 is 1.49. The summed E-state index contributed by atoms with van der Waals surface area (Å²) in [5, 5.41) is 44.0. The molecule has 0 unspecified atom stereocenters. The Morgan fingerprint density at radius 1 is 0.830 bits per heavy atom. The molecule has 0 heterocycles. The number of carboxylic acid groups (broad SMARTS) is 1. The summed E-state index contributed by atoms with van der Waals surface area (Å²) in [6.45, 7) is 8.82. The van der Waals surface area contributed by atoms with Crippen molar-refractivity contribution in [2.24, 2.45) is 11.8 Å². The molecule has 0 bridgehead atoms. The fraction of sp³-hybridized carbons (Fsp3) is 0.526. The number of phenolic OH excluding ortho intramolecular Hbond substituents is 1. The third-order valence-corrected chi connectivity index (χ3v) is 9.32. The number of thioether (sulfide) groups is 1. The number of amides is 5. The van der Waals surface area contributed by atoms with Crippen LogP contribution < -0.4 is 26.6 Å². The molecule has 0 aliphatic heterocycles. The van der Waals surface area contributed by atoms with Gasteiger partial charge in [0, 0.05) is 19.9 Å². The van der Waals surface area contributed by atoms with E-state index in [0.717, 1.165) is 0 Å². The van der Waals surface area contributed by atoms with Crippen molar-refractivity contribution < 1.29 is 44.1 Å². The minimum atomic E-state index is -1.36. The second-order valence-electron chi connectivity index (χ2n) is 13.6. The second kappa shape index (κ2) is 22.4. The maximum atomic E-state index is 13.7. The van der Waals surface area contributed by atoms with Gasteiger partial charge in [0.2, 0.25) is 29.5 Å². The molecule has 0 saturated heterocycles. The summed E-state index contributed by atoms with van der Waals surface area (Å²) in [4.78, 5) is 77.0. The third kappa shape index (κ3) is 15.9. The van der Waals surface area contributed by atoms with Gasteiger partial charge in [0.25, 0.3) is 0 Å². The zero-order valence-electron chi connectivity index (χ0n) is 31.3. The van der Waals surface area contributed by atoms with Gasteiger partial charge in [0.1, 0.15) is 23.9 Å². The van der Waals surface area contributed by atoms with Crippen LogP contribution in [-0.4, -0.2) is 93.1 Å². The van der Waals surface area contributed by atoms with Gasteiger partial charge >= 0.3 is 5.97 Å². The number of aromatic carboxylic acids is 1. The predicted molar refractivity (Wildman–Crippen MR) is 203 cm³/mol. The van der Waals surface area contributed by atoms with E-state index in [2.05, 4.69) is 26.6 Å². The van der Waals surface area contributed by atoms with Crippen molar-refractivity contribution in [1.29, 1.82) is 0 Å². The molecule has 6 atom stereocenters. The fourth-order valence-electron chi connectivity index (χ4n) is 5.58. The highest BCUT2D eigenvalue weighted by atomic mass is 32.2. The van der Waals surface area contributed by atoms with Crippen molar-refractivity contribution in [2.75, 3.05) is 12.0 Å². The Hall–Kier alpha value is -4.63. The number of benzene rings is 2. The lowest BCUT2D eigenvalue weighted by Crippen LogP contribution is -2.57. The fourth-order valence-corrected chi connectivity index (χ4v) is 6.05. The van der Waals surface area contributed by atoms with Crippen molar-refractivity contribution in [2.45, 2.75) is 104 Å². The van der Waals surface area contributed by atoms with Crippen LogP contribution in [0.4, 0.5) is 0 Å². The predicted octanol–water partition coefficient (Wildman–Crippen LogP) is 2.50. The molecule has 0 fully saturated rings. The van der Waals surface area contributed by atoms with Gasteiger partial charge in [0.05, 0.1) is 24.1 Å². The first-order chi connectivity index (χ1) is 25.0. The van der Waals surface area contributed by atoms with Gasteiger partial charge in [-0.25, -0.2) is 4.79 Å². The second-order valence-corrected chi connectivity index (χ2v) is 14.6. The minimum absolute atomic E-state index is 0.000507. The molecule has 53 heavy (non-hydrogen) atoms. The number of carboxylic acids is 1. The van der Waals surface area contributed by atoms with Crippen molar-refractivity contribution in [1.82, 2.24) is 26.6 Å². The molecule has 2 rings (SSSR count). The molecule has 0 aliphatic carbocycles. The molecule has 0 aliphatic rings. The van der Waals surface area contributed by atoms with E-state index in [1.807, 2.05) is 34.0 Å². The SMILES string of the molecule is CC[C@H](C)[C@H](NC(C)=O)C(=O)N[C@@H](CCSC)C(=O)N[C@@H](CC(C)C)[C@@H](O)CC(=O)N[C@@H](Cc1ccc(O)cc1)C(=O)NCc1cccc(C(=O)O)c1. The van der Waals surface area contributed by atoms with Crippen molar-refractivity contribution >= 4 is 47.3 Å². The summed E-state index contributed by atoms with van der Waals surface area (Å²) in [6.07, 6.45) is 1.29. The highest BCUT2D eigenvalue weighted by Crippen LogP contribution is 2.16. The Kier molecular flexibility index (Phi) is 18.9. The van der Waals surface area contributed by atoms with E-state index in [1.54, 1.807) is 24.3 Å². The van der Waals surface area contributed by atoms with Crippen LogP contribution >= 0.6 is 11.8 Å². The Bertz CT molecular complexity index is 1540. The van der Waals surface area contributed by atoms with Crippen LogP contribution in [0.5, 0.6) is 5.75 Å². The highest BCUT2D eigenvalue weighted by Gasteiger charge is 2.32. The van der Waals surface area contributed by atoms with Gasteiger partial charge in [-0.3, -0.25) is 24.0 Å². The van der Waals surface area contributed by atoms with Gasteiger partial charge in [-0.2, -0.15) is 11.8 Å². The van der Waals surface area contributed by atoms with E-state index in [-0.39, 0.29) is 48.4 Å². The number of aliphatic hydroxyl groups excluding tert-OH is 1. The smallest absolute Gasteiger partial charge is 0.335 e. The summed E-state index contributed by atoms with van der Waals surface area (Å²) < 4.78 is 0. The van der Waals surface area contributed by atoms with Crippen LogP contribution in [0.2, 0.25) is 0 Å². The van der Waals surface area contributed by atoms with Crippen molar-refractivity contribution in [3.05, 3.63) is 65.2 Å². The van der Waals surface area contributed by atoms with Gasteiger partial charge in [-0.05, 0) is 72.1 Å².